The van der Waals surface area contributed by atoms with Crippen LogP contribution in [0.1, 0.15) is 43.9 Å². The largest absolute Gasteiger partial charge is 0.506 e. The molecule has 0 aliphatic carbocycles. The van der Waals surface area contributed by atoms with E-state index in [1.54, 1.807) is 11.8 Å². The van der Waals surface area contributed by atoms with Gasteiger partial charge in [-0.1, -0.05) is 13.8 Å². The van der Waals surface area contributed by atoms with Gasteiger partial charge in [0.25, 0.3) is 0 Å². The van der Waals surface area contributed by atoms with E-state index in [-0.39, 0.29) is 5.60 Å². The van der Waals surface area contributed by atoms with Gasteiger partial charge < -0.3 is 9.84 Å². The van der Waals surface area contributed by atoms with Gasteiger partial charge in [0.05, 0.1) is 4.90 Å². The number of aromatic hydroxyl groups is 1. The first-order valence-corrected chi connectivity index (χ1v) is 8.09. The molecular weight excluding hydrogens is 256 g/mol. The minimum Gasteiger partial charge on any atom is -0.506 e. The van der Waals surface area contributed by atoms with Crippen molar-refractivity contribution in [1.82, 2.24) is 0 Å². The van der Waals surface area contributed by atoms with E-state index < -0.39 is 0 Å². The molecule has 1 N–H and O–H groups in total. The number of hydrogen-bond donors (Lipinski definition) is 1. The normalized spacial score (nSPS) is 21.6. The lowest BCUT2D eigenvalue weighted by atomic mass is 9.88. The number of phenolic OH excluding ortho intramolecular Hbond substituents is 1. The van der Waals surface area contributed by atoms with Crippen molar-refractivity contribution in [2.24, 2.45) is 5.92 Å². The van der Waals surface area contributed by atoms with E-state index >= 15 is 0 Å². The van der Waals surface area contributed by atoms with E-state index in [4.69, 9.17) is 4.74 Å². The SMILES string of the molecule is CSc1c(C)c2c(c(C)c1O)CC(C)(CC(C)C)O2. The van der Waals surface area contributed by atoms with Crippen molar-refractivity contribution in [1.29, 1.82) is 0 Å². The number of fused-ring (bicyclic) bond motifs is 1. The number of thioether (sulfide) groups is 1. The van der Waals surface area contributed by atoms with Crippen molar-refractivity contribution in [2.45, 2.75) is 58.0 Å². The van der Waals surface area contributed by atoms with Gasteiger partial charge in [-0.05, 0) is 44.9 Å². The van der Waals surface area contributed by atoms with Crippen molar-refractivity contribution >= 4 is 11.8 Å². The maximum Gasteiger partial charge on any atom is 0.132 e. The Balaban J connectivity index is 2.49. The van der Waals surface area contributed by atoms with Crippen LogP contribution in [0.15, 0.2) is 4.90 Å². The first-order valence-electron chi connectivity index (χ1n) is 6.87. The summed E-state index contributed by atoms with van der Waals surface area (Å²) < 4.78 is 6.29. The summed E-state index contributed by atoms with van der Waals surface area (Å²) in [7, 11) is 0. The third-order valence-corrected chi connectivity index (χ3v) is 4.83. The third-order valence-electron chi connectivity index (χ3n) is 3.92. The van der Waals surface area contributed by atoms with Crippen LogP contribution < -0.4 is 4.74 Å². The molecule has 106 valence electrons. The van der Waals surface area contributed by atoms with Gasteiger partial charge in [-0.2, -0.15) is 0 Å². The molecule has 0 spiro atoms. The van der Waals surface area contributed by atoms with Gasteiger partial charge in [-0.25, -0.2) is 0 Å². The second-order valence-electron chi connectivity index (χ2n) is 6.27. The summed E-state index contributed by atoms with van der Waals surface area (Å²) in [4.78, 5) is 0.949. The van der Waals surface area contributed by atoms with Crippen molar-refractivity contribution in [3.63, 3.8) is 0 Å². The number of rotatable bonds is 3. The van der Waals surface area contributed by atoms with Crippen molar-refractivity contribution < 1.29 is 9.84 Å². The van der Waals surface area contributed by atoms with Crippen LogP contribution in [0, 0.1) is 19.8 Å². The smallest absolute Gasteiger partial charge is 0.132 e. The molecule has 19 heavy (non-hydrogen) atoms. The highest BCUT2D eigenvalue weighted by Crippen LogP contribution is 2.48. The Morgan fingerprint density at radius 1 is 1.32 bits per heavy atom. The molecule has 1 aromatic rings. The molecule has 1 aliphatic rings. The minimum absolute atomic E-state index is 0.129. The maximum atomic E-state index is 10.3. The average molecular weight is 280 g/mol. The fraction of sp³-hybridized carbons (Fsp3) is 0.625. The molecule has 1 unspecified atom stereocenters. The molecule has 0 bridgehead atoms. The molecule has 3 heteroatoms. The predicted octanol–water partition coefficient (Wildman–Crippen LogP) is 4.47. The first-order chi connectivity index (χ1) is 8.79. The Morgan fingerprint density at radius 3 is 2.47 bits per heavy atom. The van der Waals surface area contributed by atoms with Crippen LogP contribution >= 0.6 is 11.8 Å². The highest BCUT2D eigenvalue weighted by atomic mass is 32.2. The Hall–Kier alpha value is -0.830. The van der Waals surface area contributed by atoms with Gasteiger partial charge in [0.1, 0.15) is 17.1 Å². The molecule has 1 heterocycles. The van der Waals surface area contributed by atoms with E-state index in [0.29, 0.717) is 11.7 Å². The first kappa shape index (κ1) is 14.6. The molecule has 0 saturated heterocycles. The van der Waals surface area contributed by atoms with Crippen LogP contribution in [0.2, 0.25) is 0 Å². The van der Waals surface area contributed by atoms with Crippen molar-refractivity contribution in [3.8, 4) is 11.5 Å². The standard InChI is InChI=1S/C16H24O2S/c1-9(2)7-16(5)8-12-10(3)13(17)15(19-6)11(4)14(12)18-16/h9,17H,7-8H2,1-6H3. The highest BCUT2D eigenvalue weighted by Gasteiger charge is 2.38. The zero-order valence-corrected chi connectivity index (χ0v) is 13.6. The summed E-state index contributed by atoms with van der Waals surface area (Å²) in [6.07, 6.45) is 3.93. The second kappa shape index (κ2) is 4.93. The third kappa shape index (κ3) is 2.45. The van der Waals surface area contributed by atoms with Gasteiger partial charge in [-0.15, -0.1) is 11.8 Å². The Kier molecular flexibility index (Phi) is 3.78. The number of phenols is 1. The van der Waals surface area contributed by atoms with Gasteiger partial charge in [0, 0.05) is 17.5 Å². The average Bonchev–Trinajstić information content (AvgIpc) is 2.64. The fourth-order valence-electron chi connectivity index (χ4n) is 3.23. The van der Waals surface area contributed by atoms with Crippen LogP contribution in [-0.4, -0.2) is 17.0 Å². The Morgan fingerprint density at radius 2 is 1.95 bits per heavy atom. The lowest BCUT2D eigenvalue weighted by Gasteiger charge is -2.26. The lowest BCUT2D eigenvalue weighted by Crippen LogP contribution is -2.32. The van der Waals surface area contributed by atoms with Crippen LogP contribution in [0.4, 0.5) is 0 Å². The summed E-state index contributed by atoms with van der Waals surface area (Å²) in [5.74, 6) is 2.04. The van der Waals surface area contributed by atoms with Gasteiger partial charge in [0.2, 0.25) is 0 Å². The van der Waals surface area contributed by atoms with Crippen LogP contribution in [-0.2, 0) is 6.42 Å². The highest BCUT2D eigenvalue weighted by molar-refractivity contribution is 7.98. The van der Waals surface area contributed by atoms with E-state index in [1.807, 2.05) is 20.1 Å². The van der Waals surface area contributed by atoms with E-state index in [1.165, 1.54) is 5.56 Å². The molecule has 1 aromatic carbocycles. The molecule has 0 saturated carbocycles. The van der Waals surface area contributed by atoms with E-state index in [9.17, 15) is 5.11 Å². The Bertz CT molecular complexity index is 508. The maximum absolute atomic E-state index is 10.3. The number of ether oxygens (including phenoxy) is 1. The molecule has 0 aromatic heterocycles. The second-order valence-corrected chi connectivity index (χ2v) is 7.08. The van der Waals surface area contributed by atoms with Gasteiger partial charge in [0.15, 0.2) is 0 Å². The van der Waals surface area contributed by atoms with Gasteiger partial charge >= 0.3 is 0 Å². The zero-order valence-electron chi connectivity index (χ0n) is 12.8. The van der Waals surface area contributed by atoms with Crippen LogP contribution in [0.5, 0.6) is 11.5 Å². The molecule has 2 rings (SSSR count). The molecule has 0 amide bonds. The Labute approximate surface area is 120 Å². The molecule has 1 atom stereocenters. The predicted molar refractivity (Wildman–Crippen MR) is 81.6 cm³/mol. The molecule has 1 aliphatic heterocycles. The quantitative estimate of drug-likeness (QED) is 0.828. The summed E-state index contributed by atoms with van der Waals surface area (Å²) in [5.41, 5.74) is 3.13. The van der Waals surface area contributed by atoms with Crippen LogP contribution in [0.3, 0.4) is 0 Å². The van der Waals surface area contributed by atoms with Crippen LogP contribution in [0.25, 0.3) is 0 Å². The topological polar surface area (TPSA) is 29.5 Å². The van der Waals surface area contributed by atoms with Crippen molar-refractivity contribution in [3.05, 3.63) is 16.7 Å². The molecule has 0 fully saturated rings. The summed E-state index contributed by atoms with van der Waals surface area (Å²) in [6.45, 7) is 10.7. The fourth-order valence-corrected chi connectivity index (χ4v) is 3.97. The zero-order chi connectivity index (χ0) is 14.4. The summed E-state index contributed by atoms with van der Waals surface area (Å²) >= 11 is 1.59. The van der Waals surface area contributed by atoms with E-state index in [0.717, 1.165) is 34.6 Å². The summed E-state index contributed by atoms with van der Waals surface area (Å²) in [6, 6.07) is 0. The number of hydrogen-bond acceptors (Lipinski definition) is 3. The lowest BCUT2D eigenvalue weighted by molar-refractivity contribution is 0.0897. The van der Waals surface area contributed by atoms with Crippen molar-refractivity contribution in [2.75, 3.05) is 6.26 Å². The molecule has 2 nitrogen and oxygen atoms in total. The number of benzene rings is 1. The monoisotopic (exact) mass is 280 g/mol. The minimum atomic E-state index is -0.129. The molecular formula is C16H24O2S. The van der Waals surface area contributed by atoms with E-state index in [2.05, 4.69) is 20.8 Å². The molecule has 0 radical (unpaired) electrons. The summed E-state index contributed by atoms with van der Waals surface area (Å²) in [5, 5.41) is 10.3. The van der Waals surface area contributed by atoms with Gasteiger partial charge in [-0.3, -0.25) is 0 Å².